The average molecular weight is 387 g/mol. The minimum Gasteiger partial charge on any atom is -0.351 e. The molecule has 1 aromatic heterocycles. The molecule has 0 spiro atoms. The molecule has 27 heavy (non-hydrogen) atoms. The van der Waals surface area contributed by atoms with E-state index in [-0.39, 0.29) is 23.8 Å². The first-order valence-corrected chi connectivity index (χ1v) is 9.62. The SMILES string of the molecule is CN(CC(=O)NCc1ccc(F)cc1)S(=O)(=O)c1cccc2cnccc12. The van der Waals surface area contributed by atoms with Crippen molar-refractivity contribution in [3.8, 4) is 0 Å². The van der Waals surface area contributed by atoms with Gasteiger partial charge < -0.3 is 5.32 Å². The van der Waals surface area contributed by atoms with Crippen LogP contribution in [0.25, 0.3) is 10.8 Å². The van der Waals surface area contributed by atoms with Crippen molar-refractivity contribution in [3.63, 3.8) is 0 Å². The molecule has 0 saturated heterocycles. The van der Waals surface area contributed by atoms with Crippen LogP contribution in [0.1, 0.15) is 5.56 Å². The monoisotopic (exact) mass is 387 g/mol. The zero-order chi connectivity index (χ0) is 19.4. The predicted octanol–water partition coefficient (Wildman–Crippen LogP) is 2.31. The summed E-state index contributed by atoms with van der Waals surface area (Å²) in [4.78, 5) is 16.2. The van der Waals surface area contributed by atoms with Crippen molar-refractivity contribution in [2.45, 2.75) is 11.4 Å². The molecular formula is C19H18FN3O3S. The number of pyridine rings is 1. The summed E-state index contributed by atoms with van der Waals surface area (Å²) in [6.45, 7) is -0.141. The van der Waals surface area contributed by atoms with Gasteiger partial charge in [-0.2, -0.15) is 4.31 Å². The lowest BCUT2D eigenvalue weighted by atomic mass is 10.2. The first-order chi connectivity index (χ1) is 12.9. The molecule has 6 nitrogen and oxygen atoms in total. The zero-order valence-electron chi connectivity index (χ0n) is 14.6. The maximum atomic E-state index is 12.9. The molecule has 2 aromatic carbocycles. The Morgan fingerprint density at radius 3 is 2.63 bits per heavy atom. The fourth-order valence-corrected chi connectivity index (χ4v) is 3.97. The Kier molecular flexibility index (Phi) is 5.48. The number of nitrogens with one attached hydrogen (secondary N) is 1. The molecule has 3 rings (SSSR count). The van der Waals surface area contributed by atoms with Gasteiger partial charge in [0.2, 0.25) is 15.9 Å². The van der Waals surface area contributed by atoms with Gasteiger partial charge in [0.15, 0.2) is 0 Å². The number of aromatic nitrogens is 1. The van der Waals surface area contributed by atoms with Gasteiger partial charge in [-0.3, -0.25) is 9.78 Å². The number of likely N-dealkylation sites (N-methyl/N-ethyl adjacent to an activating group) is 1. The normalized spacial score (nSPS) is 11.7. The van der Waals surface area contributed by atoms with Gasteiger partial charge >= 0.3 is 0 Å². The van der Waals surface area contributed by atoms with Crippen molar-refractivity contribution in [1.82, 2.24) is 14.6 Å². The zero-order valence-corrected chi connectivity index (χ0v) is 15.4. The van der Waals surface area contributed by atoms with Gasteiger partial charge in [-0.15, -0.1) is 0 Å². The quantitative estimate of drug-likeness (QED) is 0.704. The summed E-state index contributed by atoms with van der Waals surface area (Å²) < 4.78 is 39.7. The lowest BCUT2D eigenvalue weighted by Crippen LogP contribution is -2.38. The molecule has 1 heterocycles. The molecule has 0 atom stereocenters. The van der Waals surface area contributed by atoms with Gasteiger partial charge in [-0.05, 0) is 29.8 Å². The second kappa shape index (κ2) is 7.81. The largest absolute Gasteiger partial charge is 0.351 e. The average Bonchev–Trinajstić information content (AvgIpc) is 2.67. The third kappa shape index (κ3) is 4.29. The second-order valence-corrected chi connectivity index (χ2v) is 8.03. The minimum atomic E-state index is -3.85. The number of carbonyl (C=O) groups is 1. The highest BCUT2D eigenvalue weighted by molar-refractivity contribution is 7.89. The fourth-order valence-electron chi connectivity index (χ4n) is 2.63. The van der Waals surface area contributed by atoms with Crippen LogP contribution >= 0.6 is 0 Å². The van der Waals surface area contributed by atoms with Crippen LogP contribution < -0.4 is 5.32 Å². The first kappa shape index (κ1) is 18.9. The Morgan fingerprint density at radius 1 is 1.15 bits per heavy atom. The van der Waals surface area contributed by atoms with Crippen molar-refractivity contribution >= 4 is 26.7 Å². The van der Waals surface area contributed by atoms with Gasteiger partial charge in [0, 0.05) is 36.8 Å². The predicted molar refractivity (Wildman–Crippen MR) is 99.8 cm³/mol. The Hall–Kier alpha value is -2.84. The van der Waals surface area contributed by atoms with E-state index in [2.05, 4.69) is 10.3 Å². The standard InChI is InChI=1S/C19H18FN3O3S/c1-23(13-19(24)22-11-14-5-7-16(20)8-6-14)27(25,26)18-4-2-3-15-12-21-10-9-17(15)18/h2-10,12H,11,13H2,1H3,(H,22,24). The van der Waals surface area contributed by atoms with Gasteiger partial charge in [-0.25, -0.2) is 12.8 Å². The van der Waals surface area contributed by atoms with E-state index in [1.54, 1.807) is 36.5 Å². The summed E-state index contributed by atoms with van der Waals surface area (Å²) in [5.74, 6) is -0.812. The Labute approximate surface area is 156 Å². The molecule has 0 aliphatic carbocycles. The van der Waals surface area contributed by atoms with E-state index in [1.807, 2.05) is 0 Å². The molecule has 3 aromatic rings. The Morgan fingerprint density at radius 2 is 1.89 bits per heavy atom. The van der Waals surface area contributed by atoms with E-state index in [4.69, 9.17) is 0 Å². The molecule has 1 amide bonds. The maximum Gasteiger partial charge on any atom is 0.243 e. The van der Waals surface area contributed by atoms with E-state index in [0.717, 1.165) is 9.87 Å². The number of hydrogen-bond acceptors (Lipinski definition) is 4. The lowest BCUT2D eigenvalue weighted by Gasteiger charge is -2.18. The van der Waals surface area contributed by atoms with Crippen molar-refractivity contribution in [2.75, 3.05) is 13.6 Å². The van der Waals surface area contributed by atoms with Crippen molar-refractivity contribution in [2.24, 2.45) is 0 Å². The van der Waals surface area contributed by atoms with Crippen molar-refractivity contribution in [3.05, 3.63) is 72.3 Å². The third-order valence-corrected chi connectivity index (χ3v) is 5.96. The van der Waals surface area contributed by atoms with Crippen LogP contribution in [0.2, 0.25) is 0 Å². The number of halogens is 1. The van der Waals surface area contributed by atoms with E-state index in [9.17, 15) is 17.6 Å². The summed E-state index contributed by atoms with van der Waals surface area (Å²) in [5, 5.41) is 3.88. The fraction of sp³-hybridized carbons (Fsp3) is 0.158. The highest BCUT2D eigenvalue weighted by Gasteiger charge is 2.24. The van der Waals surface area contributed by atoms with E-state index < -0.39 is 15.9 Å². The molecule has 0 fully saturated rings. The van der Waals surface area contributed by atoms with E-state index in [1.165, 1.54) is 31.4 Å². The lowest BCUT2D eigenvalue weighted by molar-refractivity contribution is -0.121. The van der Waals surface area contributed by atoms with Gasteiger partial charge in [0.1, 0.15) is 5.82 Å². The third-order valence-electron chi connectivity index (χ3n) is 4.10. The molecule has 0 aliphatic heterocycles. The van der Waals surface area contributed by atoms with Crippen LogP contribution in [0.3, 0.4) is 0 Å². The number of fused-ring (bicyclic) bond motifs is 1. The molecule has 8 heteroatoms. The summed E-state index contributed by atoms with van der Waals surface area (Å²) in [6, 6.07) is 12.3. The molecule has 0 radical (unpaired) electrons. The van der Waals surface area contributed by atoms with Crippen molar-refractivity contribution < 1.29 is 17.6 Å². The molecule has 0 bridgehead atoms. The highest BCUT2D eigenvalue weighted by Crippen LogP contribution is 2.24. The van der Waals surface area contributed by atoms with E-state index >= 15 is 0 Å². The number of nitrogens with zero attached hydrogens (tertiary/aromatic N) is 2. The van der Waals surface area contributed by atoms with E-state index in [0.29, 0.717) is 10.8 Å². The van der Waals surface area contributed by atoms with Crippen LogP contribution in [0.15, 0.2) is 65.8 Å². The van der Waals surface area contributed by atoms with Crippen molar-refractivity contribution in [1.29, 1.82) is 0 Å². The smallest absolute Gasteiger partial charge is 0.243 e. The number of carbonyl (C=O) groups excluding carboxylic acids is 1. The first-order valence-electron chi connectivity index (χ1n) is 8.18. The number of rotatable bonds is 6. The molecule has 140 valence electrons. The molecular weight excluding hydrogens is 369 g/mol. The maximum absolute atomic E-state index is 12.9. The highest BCUT2D eigenvalue weighted by atomic mass is 32.2. The number of benzene rings is 2. The van der Waals surface area contributed by atoms with Crippen LogP contribution in [0, 0.1) is 5.82 Å². The molecule has 0 unspecified atom stereocenters. The molecule has 1 N–H and O–H groups in total. The van der Waals surface area contributed by atoms with Crippen LogP contribution in [-0.4, -0.2) is 37.2 Å². The van der Waals surface area contributed by atoms with Crippen LogP contribution in [-0.2, 0) is 21.4 Å². The van der Waals surface area contributed by atoms with Gasteiger partial charge in [0.05, 0.1) is 11.4 Å². The molecule has 0 aliphatic rings. The summed E-state index contributed by atoms with van der Waals surface area (Å²) >= 11 is 0. The molecule has 0 saturated carbocycles. The van der Waals surface area contributed by atoms with Gasteiger partial charge in [-0.1, -0.05) is 24.3 Å². The minimum absolute atomic E-state index is 0.122. The topological polar surface area (TPSA) is 79.4 Å². The Balaban J connectivity index is 1.71. The number of amides is 1. The van der Waals surface area contributed by atoms with Crippen LogP contribution in [0.5, 0.6) is 0 Å². The second-order valence-electron chi connectivity index (χ2n) is 6.02. The number of sulfonamides is 1. The summed E-state index contributed by atoms with van der Waals surface area (Å²) in [5.41, 5.74) is 0.719. The summed E-state index contributed by atoms with van der Waals surface area (Å²) in [6.07, 6.45) is 3.11. The summed E-state index contributed by atoms with van der Waals surface area (Å²) in [7, 11) is -2.50. The van der Waals surface area contributed by atoms with Crippen LogP contribution in [0.4, 0.5) is 4.39 Å². The Bertz CT molecular complexity index is 1060. The van der Waals surface area contributed by atoms with Gasteiger partial charge in [0.25, 0.3) is 0 Å². The number of hydrogen-bond donors (Lipinski definition) is 1.